The van der Waals surface area contributed by atoms with E-state index in [1.165, 1.54) is 11.4 Å². The van der Waals surface area contributed by atoms with E-state index in [1.807, 2.05) is 19.1 Å². The summed E-state index contributed by atoms with van der Waals surface area (Å²) in [6.07, 6.45) is 0. The molecule has 110 valence electrons. The van der Waals surface area contributed by atoms with Crippen molar-refractivity contribution in [3.63, 3.8) is 0 Å². The Balaban J connectivity index is 2.02. The van der Waals surface area contributed by atoms with Crippen LogP contribution in [-0.4, -0.2) is 20.1 Å². The van der Waals surface area contributed by atoms with Gasteiger partial charge in [-0.15, -0.1) is 0 Å². The summed E-state index contributed by atoms with van der Waals surface area (Å²) in [6, 6.07) is 14.6. The lowest BCUT2D eigenvalue weighted by atomic mass is 10.1. The van der Waals surface area contributed by atoms with Crippen LogP contribution in [0.4, 0.5) is 17.1 Å². The second kappa shape index (κ2) is 5.58. The summed E-state index contributed by atoms with van der Waals surface area (Å²) in [5, 5.41) is 0.735. The van der Waals surface area contributed by atoms with Crippen molar-refractivity contribution < 1.29 is 0 Å². The van der Waals surface area contributed by atoms with Crippen LogP contribution in [0.2, 0.25) is 5.02 Å². The van der Waals surface area contributed by atoms with Crippen molar-refractivity contribution in [1.82, 2.24) is 0 Å². The Morgan fingerprint density at radius 2 is 1.81 bits per heavy atom. The first-order valence-corrected chi connectivity index (χ1v) is 7.58. The van der Waals surface area contributed by atoms with E-state index >= 15 is 0 Å². The molecule has 21 heavy (non-hydrogen) atoms. The van der Waals surface area contributed by atoms with Crippen LogP contribution in [0.5, 0.6) is 0 Å². The Labute approximate surface area is 130 Å². The van der Waals surface area contributed by atoms with E-state index in [-0.39, 0.29) is 6.04 Å². The van der Waals surface area contributed by atoms with Crippen molar-refractivity contribution in [2.45, 2.75) is 13.0 Å². The smallest absolute Gasteiger partial charge is 0.0649 e. The van der Waals surface area contributed by atoms with Crippen molar-refractivity contribution in [3.05, 3.63) is 53.1 Å². The zero-order chi connectivity index (χ0) is 15.0. The van der Waals surface area contributed by atoms with E-state index in [4.69, 9.17) is 17.3 Å². The number of benzene rings is 2. The number of nitrogens with two attached hydrogens (primary N) is 1. The van der Waals surface area contributed by atoms with Crippen molar-refractivity contribution in [3.8, 4) is 0 Å². The molecule has 0 fully saturated rings. The maximum atomic E-state index is 6.38. The Morgan fingerprint density at radius 1 is 1.10 bits per heavy atom. The third kappa shape index (κ3) is 2.59. The monoisotopic (exact) mass is 301 g/mol. The van der Waals surface area contributed by atoms with E-state index in [1.54, 1.807) is 0 Å². The van der Waals surface area contributed by atoms with Gasteiger partial charge in [0, 0.05) is 36.9 Å². The molecular formula is C17H20ClN3. The first kappa shape index (κ1) is 14.2. The van der Waals surface area contributed by atoms with Gasteiger partial charge in [0.2, 0.25) is 0 Å². The molecule has 1 aliphatic heterocycles. The number of halogens is 1. The SMILES string of the molecule is CC(N)c1ccc(N2CCN(C)c3ccccc32)cc1Cl. The van der Waals surface area contributed by atoms with Gasteiger partial charge in [-0.3, -0.25) is 0 Å². The molecule has 3 nitrogen and oxygen atoms in total. The summed E-state index contributed by atoms with van der Waals surface area (Å²) in [4.78, 5) is 4.59. The van der Waals surface area contributed by atoms with E-state index in [2.05, 4.69) is 47.2 Å². The van der Waals surface area contributed by atoms with Crippen LogP contribution in [0.25, 0.3) is 0 Å². The third-order valence-electron chi connectivity index (χ3n) is 4.03. The van der Waals surface area contributed by atoms with Crippen LogP contribution in [0.3, 0.4) is 0 Å². The molecule has 0 saturated heterocycles. The second-order valence-corrected chi connectivity index (χ2v) is 5.96. The minimum atomic E-state index is -0.0497. The number of nitrogens with zero attached hydrogens (tertiary/aromatic N) is 2. The summed E-state index contributed by atoms with van der Waals surface area (Å²) in [7, 11) is 2.13. The maximum Gasteiger partial charge on any atom is 0.0649 e. The summed E-state index contributed by atoms with van der Waals surface area (Å²) >= 11 is 6.38. The largest absolute Gasteiger partial charge is 0.371 e. The number of likely N-dealkylation sites (N-methyl/N-ethyl adjacent to an activating group) is 1. The first-order chi connectivity index (χ1) is 10.1. The van der Waals surface area contributed by atoms with Gasteiger partial charge in [-0.25, -0.2) is 0 Å². The van der Waals surface area contributed by atoms with Crippen molar-refractivity contribution in [1.29, 1.82) is 0 Å². The maximum absolute atomic E-state index is 6.38. The molecule has 0 bridgehead atoms. The predicted octanol–water partition coefficient (Wildman–Crippen LogP) is 3.95. The highest BCUT2D eigenvalue weighted by Gasteiger charge is 2.21. The molecule has 0 aromatic heterocycles. The fourth-order valence-electron chi connectivity index (χ4n) is 2.83. The zero-order valence-electron chi connectivity index (χ0n) is 12.4. The molecular weight excluding hydrogens is 282 g/mol. The average Bonchev–Trinajstić information content (AvgIpc) is 2.47. The molecule has 0 amide bonds. The first-order valence-electron chi connectivity index (χ1n) is 7.20. The molecule has 1 heterocycles. The number of para-hydroxylation sites is 2. The summed E-state index contributed by atoms with van der Waals surface area (Å²) < 4.78 is 0. The topological polar surface area (TPSA) is 32.5 Å². The lowest BCUT2D eigenvalue weighted by Gasteiger charge is -2.37. The van der Waals surface area contributed by atoms with E-state index in [9.17, 15) is 0 Å². The summed E-state index contributed by atoms with van der Waals surface area (Å²) in [5.74, 6) is 0. The highest BCUT2D eigenvalue weighted by Crippen LogP contribution is 2.38. The number of rotatable bonds is 2. The number of anilines is 3. The number of hydrogen-bond acceptors (Lipinski definition) is 3. The standard InChI is InChI=1S/C17H20ClN3/c1-12(19)14-8-7-13(11-15(14)18)21-10-9-20(2)16-5-3-4-6-17(16)21/h3-8,11-12H,9-10,19H2,1-2H3. The second-order valence-electron chi connectivity index (χ2n) is 5.56. The van der Waals surface area contributed by atoms with Gasteiger partial charge < -0.3 is 15.5 Å². The summed E-state index contributed by atoms with van der Waals surface area (Å²) in [6.45, 7) is 3.89. The normalized spacial score (nSPS) is 15.8. The molecule has 4 heteroatoms. The number of hydrogen-bond donors (Lipinski definition) is 1. The van der Waals surface area contributed by atoms with Crippen LogP contribution >= 0.6 is 11.6 Å². The molecule has 2 N–H and O–H groups in total. The lowest BCUT2D eigenvalue weighted by molar-refractivity contribution is 0.811. The molecule has 0 spiro atoms. The van der Waals surface area contributed by atoms with Crippen LogP contribution in [0, 0.1) is 0 Å². The van der Waals surface area contributed by atoms with Crippen LogP contribution < -0.4 is 15.5 Å². The zero-order valence-corrected chi connectivity index (χ0v) is 13.1. The van der Waals surface area contributed by atoms with E-state index in [0.29, 0.717) is 0 Å². The predicted molar refractivity (Wildman–Crippen MR) is 90.8 cm³/mol. The van der Waals surface area contributed by atoms with Gasteiger partial charge in [-0.05, 0) is 36.8 Å². The Bertz CT molecular complexity index is 654. The van der Waals surface area contributed by atoms with Crippen LogP contribution in [0.15, 0.2) is 42.5 Å². The summed E-state index contributed by atoms with van der Waals surface area (Å²) in [5.41, 5.74) is 10.5. The average molecular weight is 302 g/mol. The van der Waals surface area contributed by atoms with Crippen molar-refractivity contribution in [2.75, 3.05) is 29.9 Å². The van der Waals surface area contributed by atoms with Crippen LogP contribution in [-0.2, 0) is 0 Å². The van der Waals surface area contributed by atoms with E-state index < -0.39 is 0 Å². The van der Waals surface area contributed by atoms with Gasteiger partial charge in [0.25, 0.3) is 0 Å². The Hall–Kier alpha value is -1.71. The molecule has 3 rings (SSSR count). The Morgan fingerprint density at radius 3 is 2.48 bits per heavy atom. The lowest BCUT2D eigenvalue weighted by Crippen LogP contribution is -2.36. The highest BCUT2D eigenvalue weighted by atomic mass is 35.5. The molecule has 0 aliphatic carbocycles. The third-order valence-corrected chi connectivity index (χ3v) is 4.36. The van der Waals surface area contributed by atoms with Crippen molar-refractivity contribution in [2.24, 2.45) is 5.73 Å². The molecule has 2 aromatic carbocycles. The molecule has 1 aliphatic rings. The van der Waals surface area contributed by atoms with Gasteiger partial charge in [0.1, 0.15) is 0 Å². The van der Waals surface area contributed by atoms with Gasteiger partial charge in [0.15, 0.2) is 0 Å². The van der Waals surface area contributed by atoms with E-state index in [0.717, 1.165) is 29.4 Å². The molecule has 0 saturated carbocycles. The molecule has 1 unspecified atom stereocenters. The fourth-order valence-corrected chi connectivity index (χ4v) is 3.17. The van der Waals surface area contributed by atoms with Gasteiger partial charge in [-0.2, -0.15) is 0 Å². The quantitative estimate of drug-likeness (QED) is 0.911. The minimum Gasteiger partial charge on any atom is -0.371 e. The number of fused-ring (bicyclic) bond motifs is 1. The Kier molecular flexibility index (Phi) is 3.79. The molecule has 0 radical (unpaired) electrons. The molecule has 2 aromatic rings. The van der Waals surface area contributed by atoms with Crippen molar-refractivity contribution >= 4 is 28.7 Å². The van der Waals surface area contributed by atoms with Gasteiger partial charge in [0.05, 0.1) is 11.4 Å². The van der Waals surface area contributed by atoms with Gasteiger partial charge >= 0.3 is 0 Å². The highest BCUT2D eigenvalue weighted by molar-refractivity contribution is 6.31. The minimum absolute atomic E-state index is 0.0497. The van der Waals surface area contributed by atoms with Crippen LogP contribution in [0.1, 0.15) is 18.5 Å². The molecule has 1 atom stereocenters. The van der Waals surface area contributed by atoms with Gasteiger partial charge in [-0.1, -0.05) is 29.8 Å². The fraction of sp³-hybridized carbons (Fsp3) is 0.294.